The summed E-state index contributed by atoms with van der Waals surface area (Å²) in [7, 11) is -1.12. The highest BCUT2D eigenvalue weighted by molar-refractivity contribution is 6.76. The van der Waals surface area contributed by atoms with Crippen LogP contribution in [0.25, 0.3) is 0 Å². The molecule has 1 aromatic rings. The number of aromatic carboxylic acids is 1. The van der Waals surface area contributed by atoms with E-state index in [2.05, 4.69) is 29.7 Å². The summed E-state index contributed by atoms with van der Waals surface area (Å²) >= 11 is 5.71. The van der Waals surface area contributed by atoms with E-state index in [1.807, 2.05) is 0 Å². The molecule has 0 aromatic carbocycles. The highest BCUT2D eigenvalue weighted by Crippen LogP contribution is 2.09. The van der Waals surface area contributed by atoms with E-state index in [1.54, 1.807) is 0 Å². The molecule has 17 heavy (non-hydrogen) atoms. The van der Waals surface area contributed by atoms with Crippen molar-refractivity contribution in [1.29, 1.82) is 0 Å². The van der Waals surface area contributed by atoms with E-state index in [4.69, 9.17) is 21.4 Å². The Labute approximate surface area is 106 Å². The van der Waals surface area contributed by atoms with Crippen LogP contribution in [0.5, 0.6) is 0 Å². The highest BCUT2D eigenvalue weighted by atomic mass is 35.5. The Morgan fingerprint density at radius 2 is 2.18 bits per heavy atom. The molecule has 1 N–H and O–H groups in total. The minimum Gasteiger partial charge on any atom is -0.475 e. The number of nitrogens with zero attached hydrogens (tertiary/aromatic N) is 3. The van der Waals surface area contributed by atoms with Crippen LogP contribution in [-0.2, 0) is 11.5 Å². The SMILES string of the molecule is C[Si](C)(C)CCOCn1nc(C(=O)O)nc1Cl. The van der Waals surface area contributed by atoms with Gasteiger partial charge in [0.1, 0.15) is 6.73 Å². The van der Waals surface area contributed by atoms with E-state index in [1.165, 1.54) is 4.68 Å². The third kappa shape index (κ3) is 4.84. The number of halogens is 1. The molecule has 1 aromatic heterocycles. The van der Waals surface area contributed by atoms with Crippen molar-refractivity contribution in [3.05, 3.63) is 11.1 Å². The smallest absolute Gasteiger partial charge is 0.375 e. The topological polar surface area (TPSA) is 77.2 Å². The molecule has 0 spiro atoms. The van der Waals surface area contributed by atoms with E-state index in [0.717, 1.165) is 6.04 Å². The van der Waals surface area contributed by atoms with Crippen molar-refractivity contribution in [2.75, 3.05) is 6.61 Å². The molecule has 0 saturated carbocycles. The van der Waals surface area contributed by atoms with Crippen molar-refractivity contribution < 1.29 is 14.6 Å². The maximum Gasteiger partial charge on any atom is 0.375 e. The highest BCUT2D eigenvalue weighted by Gasteiger charge is 2.15. The third-order valence-electron chi connectivity index (χ3n) is 2.03. The number of hydrogen-bond acceptors (Lipinski definition) is 4. The summed E-state index contributed by atoms with van der Waals surface area (Å²) in [5, 5.41) is 12.4. The Balaban J connectivity index is 2.44. The molecule has 0 fully saturated rings. The predicted octanol–water partition coefficient (Wildman–Crippen LogP) is 1.94. The molecule has 0 saturated heterocycles. The fraction of sp³-hybridized carbons (Fsp3) is 0.667. The molecule has 0 aliphatic heterocycles. The van der Waals surface area contributed by atoms with Crippen LogP contribution in [0.4, 0.5) is 0 Å². The van der Waals surface area contributed by atoms with Crippen LogP contribution in [0.15, 0.2) is 0 Å². The van der Waals surface area contributed by atoms with Gasteiger partial charge in [0, 0.05) is 14.7 Å². The quantitative estimate of drug-likeness (QED) is 0.635. The maximum atomic E-state index is 10.6. The zero-order chi connectivity index (χ0) is 13.1. The number of carboxylic acids is 1. The first-order valence-corrected chi connectivity index (χ1v) is 9.29. The minimum atomic E-state index is -1.20. The molecule has 0 aliphatic rings. The van der Waals surface area contributed by atoms with Gasteiger partial charge in [-0.25, -0.2) is 9.48 Å². The first-order valence-electron chi connectivity index (χ1n) is 5.21. The van der Waals surface area contributed by atoms with Gasteiger partial charge in [0.05, 0.1) is 0 Å². The van der Waals surface area contributed by atoms with Crippen LogP contribution in [-0.4, -0.2) is 40.5 Å². The molecule has 0 radical (unpaired) electrons. The number of hydrogen-bond donors (Lipinski definition) is 1. The van der Waals surface area contributed by atoms with Gasteiger partial charge in [-0.1, -0.05) is 19.6 Å². The summed E-state index contributed by atoms with van der Waals surface area (Å²) in [5.41, 5.74) is 0. The largest absolute Gasteiger partial charge is 0.475 e. The lowest BCUT2D eigenvalue weighted by Gasteiger charge is -2.15. The number of carbonyl (C=O) groups is 1. The van der Waals surface area contributed by atoms with Crippen molar-refractivity contribution in [3.63, 3.8) is 0 Å². The molecule has 0 amide bonds. The van der Waals surface area contributed by atoms with Crippen molar-refractivity contribution in [2.45, 2.75) is 32.4 Å². The zero-order valence-electron chi connectivity index (χ0n) is 10.1. The number of aromatic nitrogens is 3. The Kier molecular flexibility index (Phi) is 4.67. The van der Waals surface area contributed by atoms with E-state index in [9.17, 15) is 4.79 Å². The van der Waals surface area contributed by atoms with E-state index >= 15 is 0 Å². The Hall–Kier alpha value is -0.923. The molecule has 8 heteroatoms. The van der Waals surface area contributed by atoms with Crippen molar-refractivity contribution in [2.24, 2.45) is 0 Å². The molecule has 1 heterocycles. The Bertz CT molecular complexity index is 403. The van der Waals surface area contributed by atoms with Gasteiger partial charge in [-0.15, -0.1) is 5.10 Å². The summed E-state index contributed by atoms with van der Waals surface area (Å²) in [4.78, 5) is 14.2. The summed E-state index contributed by atoms with van der Waals surface area (Å²) < 4.78 is 6.62. The molecule has 0 aliphatic carbocycles. The van der Waals surface area contributed by atoms with Crippen molar-refractivity contribution in [3.8, 4) is 0 Å². The van der Waals surface area contributed by atoms with E-state index in [-0.39, 0.29) is 17.8 Å². The lowest BCUT2D eigenvalue weighted by Crippen LogP contribution is -2.22. The first-order chi connectivity index (χ1) is 7.79. The van der Waals surface area contributed by atoms with Crippen LogP contribution in [0.1, 0.15) is 10.6 Å². The van der Waals surface area contributed by atoms with Crippen molar-refractivity contribution >= 4 is 25.6 Å². The molecule has 96 valence electrons. The van der Waals surface area contributed by atoms with Crippen LogP contribution in [0, 0.1) is 0 Å². The number of ether oxygens (including phenoxy) is 1. The minimum absolute atomic E-state index is 0.0235. The molecule has 0 unspecified atom stereocenters. The Morgan fingerprint density at radius 1 is 1.53 bits per heavy atom. The van der Waals surface area contributed by atoms with Crippen LogP contribution in [0.3, 0.4) is 0 Å². The first kappa shape index (κ1) is 14.1. The molecule has 1 rings (SSSR count). The second-order valence-electron chi connectivity index (χ2n) is 4.86. The van der Waals surface area contributed by atoms with E-state index < -0.39 is 14.0 Å². The van der Waals surface area contributed by atoms with Gasteiger partial charge >= 0.3 is 5.97 Å². The van der Waals surface area contributed by atoms with Crippen LogP contribution in [0.2, 0.25) is 31.0 Å². The van der Waals surface area contributed by atoms with Gasteiger partial charge < -0.3 is 9.84 Å². The van der Waals surface area contributed by atoms with Gasteiger partial charge in [0.15, 0.2) is 0 Å². The van der Waals surface area contributed by atoms with Gasteiger partial charge in [0.25, 0.3) is 5.82 Å². The predicted molar refractivity (Wildman–Crippen MR) is 66.1 cm³/mol. The molecule has 0 bridgehead atoms. The van der Waals surface area contributed by atoms with Gasteiger partial charge in [-0.05, 0) is 17.6 Å². The monoisotopic (exact) mass is 277 g/mol. The van der Waals surface area contributed by atoms with Gasteiger partial charge in [-0.3, -0.25) is 0 Å². The molecular formula is C9H16ClN3O3Si. The summed E-state index contributed by atoms with van der Waals surface area (Å²) in [5.74, 6) is -1.52. The Morgan fingerprint density at radius 3 is 2.65 bits per heavy atom. The third-order valence-corrected chi connectivity index (χ3v) is 4.01. The van der Waals surface area contributed by atoms with Gasteiger partial charge in [-0.2, -0.15) is 4.98 Å². The lowest BCUT2D eigenvalue weighted by atomic mass is 10.7. The average molecular weight is 278 g/mol. The number of rotatable bonds is 6. The second kappa shape index (κ2) is 5.61. The standard InChI is InChI=1S/C9H16ClN3O3Si/c1-17(2,3)5-4-16-6-13-9(10)11-7(12-13)8(14)15/h4-6H2,1-3H3,(H,14,15). The zero-order valence-corrected chi connectivity index (χ0v) is 11.9. The fourth-order valence-corrected chi connectivity index (χ4v) is 1.95. The molecule has 0 atom stereocenters. The summed E-state index contributed by atoms with van der Waals surface area (Å²) in [6.07, 6.45) is 0. The van der Waals surface area contributed by atoms with Crippen molar-refractivity contribution in [1.82, 2.24) is 14.8 Å². The summed E-state index contributed by atoms with van der Waals surface area (Å²) in [6, 6.07) is 1.03. The van der Waals surface area contributed by atoms with Crippen LogP contribution < -0.4 is 0 Å². The molecule has 6 nitrogen and oxygen atoms in total. The average Bonchev–Trinajstić information content (AvgIpc) is 2.54. The second-order valence-corrected chi connectivity index (χ2v) is 10.8. The van der Waals surface area contributed by atoms with Gasteiger partial charge in [0.2, 0.25) is 5.28 Å². The van der Waals surface area contributed by atoms with Crippen LogP contribution >= 0.6 is 11.6 Å². The number of carboxylic acid groups (broad SMARTS) is 1. The summed E-state index contributed by atoms with van der Waals surface area (Å²) in [6.45, 7) is 7.50. The maximum absolute atomic E-state index is 10.6. The lowest BCUT2D eigenvalue weighted by molar-refractivity contribution is 0.0668. The van der Waals surface area contributed by atoms with E-state index in [0.29, 0.717) is 6.61 Å². The normalized spacial score (nSPS) is 11.8. The fourth-order valence-electron chi connectivity index (χ4n) is 1.03. The molecular weight excluding hydrogens is 262 g/mol.